The first-order valence-corrected chi connectivity index (χ1v) is 7.86. The number of aliphatic carboxylic acids is 1. The van der Waals surface area contributed by atoms with Crippen LogP contribution in [0.5, 0.6) is 0 Å². The molecule has 0 radical (unpaired) electrons. The Balaban J connectivity index is 1.49. The molecule has 0 aromatic heterocycles. The molecule has 3 fully saturated rings. The average molecular weight is 283 g/mol. The quantitative estimate of drug-likeness (QED) is 0.816. The second kappa shape index (κ2) is 6.00. The van der Waals surface area contributed by atoms with E-state index in [-0.39, 0.29) is 11.5 Å². The van der Waals surface area contributed by atoms with Gasteiger partial charge in [-0.3, -0.25) is 4.79 Å². The summed E-state index contributed by atoms with van der Waals surface area (Å²) < 4.78 is 11.4. The van der Waals surface area contributed by atoms with Crippen LogP contribution in [0, 0.1) is 11.8 Å². The summed E-state index contributed by atoms with van der Waals surface area (Å²) in [5.41, 5.74) is -0.0716. The standard InChI is InChI=1S/C15H25NO4/c17-14(18)13-3-1-2-11(13)9-16-12-4-6-20-15(8-12)5-7-19-10-15/h11-13,16H,1-10H2,(H,17,18). The Morgan fingerprint density at radius 1 is 1.30 bits per heavy atom. The third kappa shape index (κ3) is 3.00. The van der Waals surface area contributed by atoms with Crippen molar-refractivity contribution in [2.75, 3.05) is 26.4 Å². The number of hydrogen-bond acceptors (Lipinski definition) is 4. The van der Waals surface area contributed by atoms with E-state index in [1.807, 2.05) is 0 Å². The van der Waals surface area contributed by atoms with Crippen LogP contribution in [0.2, 0.25) is 0 Å². The molecule has 2 heterocycles. The maximum Gasteiger partial charge on any atom is 0.306 e. The van der Waals surface area contributed by atoms with Gasteiger partial charge in [-0.1, -0.05) is 6.42 Å². The van der Waals surface area contributed by atoms with Gasteiger partial charge in [0.15, 0.2) is 0 Å². The molecule has 4 unspecified atom stereocenters. The largest absolute Gasteiger partial charge is 0.481 e. The Hall–Kier alpha value is -0.650. The van der Waals surface area contributed by atoms with Gasteiger partial charge in [-0.2, -0.15) is 0 Å². The first-order chi connectivity index (χ1) is 9.69. The predicted molar refractivity (Wildman–Crippen MR) is 73.6 cm³/mol. The molecule has 3 rings (SSSR count). The molecule has 2 aliphatic heterocycles. The van der Waals surface area contributed by atoms with Crippen molar-refractivity contribution in [3.63, 3.8) is 0 Å². The van der Waals surface area contributed by atoms with Crippen molar-refractivity contribution >= 4 is 5.97 Å². The van der Waals surface area contributed by atoms with Crippen LogP contribution in [-0.2, 0) is 14.3 Å². The van der Waals surface area contributed by atoms with E-state index < -0.39 is 5.97 Å². The summed E-state index contributed by atoms with van der Waals surface area (Å²) in [7, 11) is 0. The zero-order valence-electron chi connectivity index (χ0n) is 12.0. The van der Waals surface area contributed by atoms with Gasteiger partial charge in [-0.25, -0.2) is 0 Å². The Morgan fingerprint density at radius 2 is 2.20 bits per heavy atom. The van der Waals surface area contributed by atoms with E-state index >= 15 is 0 Å². The zero-order valence-corrected chi connectivity index (χ0v) is 12.0. The molecule has 114 valence electrons. The molecule has 0 aromatic rings. The minimum atomic E-state index is -0.623. The lowest BCUT2D eigenvalue weighted by Crippen LogP contribution is -2.48. The summed E-state index contributed by atoms with van der Waals surface area (Å²) in [6.45, 7) is 3.13. The van der Waals surface area contributed by atoms with Crippen molar-refractivity contribution in [3.8, 4) is 0 Å². The Bertz CT molecular complexity index is 354. The van der Waals surface area contributed by atoms with Gasteiger partial charge in [0.05, 0.1) is 18.1 Å². The number of rotatable bonds is 4. The Labute approximate surface area is 120 Å². The third-order valence-corrected chi connectivity index (χ3v) is 5.21. The molecule has 2 saturated heterocycles. The number of ether oxygens (including phenoxy) is 2. The lowest BCUT2D eigenvalue weighted by atomic mass is 9.89. The molecular weight excluding hydrogens is 258 g/mol. The van der Waals surface area contributed by atoms with E-state index in [0.29, 0.717) is 18.6 Å². The van der Waals surface area contributed by atoms with Crippen LogP contribution in [-0.4, -0.2) is 49.1 Å². The van der Waals surface area contributed by atoms with Gasteiger partial charge in [0.25, 0.3) is 0 Å². The van der Waals surface area contributed by atoms with Crippen molar-refractivity contribution < 1.29 is 19.4 Å². The lowest BCUT2D eigenvalue weighted by molar-refractivity contribution is -0.143. The van der Waals surface area contributed by atoms with Crippen molar-refractivity contribution in [1.29, 1.82) is 0 Å². The summed E-state index contributed by atoms with van der Waals surface area (Å²) in [5.74, 6) is -0.473. The first-order valence-electron chi connectivity index (χ1n) is 7.86. The van der Waals surface area contributed by atoms with Gasteiger partial charge in [0, 0.05) is 25.7 Å². The molecule has 4 atom stereocenters. The first kappa shape index (κ1) is 14.3. The summed E-state index contributed by atoms with van der Waals surface area (Å²) in [6, 6.07) is 0.445. The van der Waals surface area contributed by atoms with E-state index in [0.717, 1.165) is 58.3 Å². The van der Waals surface area contributed by atoms with E-state index in [9.17, 15) is 9.90 Å². The zero-order chi connectivity index (χ0) is 14.0. The van der Waals surface area contributed by atoms with Crippen molar-refractivity contribution in [3.05, 3.63) is 0 Å². The van der Waals surface area contributed by atoms with Crippen molar-refractivity contribution in [2.24, 2.45) is 11.8 Å². The van der Waals surface area contributed by atoms with Gasteiger partial charge in [0.2, 0.25) is 0 Å². The molecule has 1 saturated carbocycles. The van der Waals surface area contributed by atoms with Gasteiger partial charge < -0.3 is 19.9 Å². The van der Waals surface area contributed by atoms with Crippen LogP contribution in [0.3, 0.4) is 0 Å². The lowest BCUT2D eigenvalue weighted by Gasteiger charge is -2.38. The van der Waals surface area contributed by atoms with Crippen molar-refractivity contribution in [1.82, 2.24) is 5.32 Å². The van der Waals surface area contributed by atoms with E-state index in [2.05, 4.69) is 5.32 Å². The number of carboxylic acid groups (broad SMARTS) is 1. The third-order valence-electron chi connectivity index (χ3n) is 5.21. The fourth-order valence-corrected chi connectivity index (χ4v) is 3.99. The molecule has 1 aliphatic carbocycles. The molecule has 0 amide bonds. The second-order valence-corrected chi connectivity index (χ2v) is 6.57. The average Bonchev–Trinajstić information content (AvgIpc) is 3.06. The number of carboxylic acids is 1. The smallest absolute Gasteiger partial charge is 0.306 e. The van der Waals surface area contributed by atoms with Crippen LogP contribution < -0.4 is 5.32 Å². The fourth-order valence-electron chi connectivity index (χ4n) is 3.99. The summed E-state index contributed by atoms with van der Waals surface area (Å²) in [5, 5.41) is 12.8. The monoisotopic (exact) mass is 283 g/mol. The Morgan fingerprint density at radius 3 is 2.95 bits per heavy atom. The van der Waals surface area contributed by atoms with E-state index in [1.165, 1.54) is 0 Å². The Kier molecular flexibility index (Phi) is 4.29. The second-order valence-electron chi connectivity index (χ2n) is 6.57. The number of hydrogen-bond donors (Lipinski definition) is 2. The molecular formula is C15H25NO4. The number of nitrogens with one attached hydrogen (secondary N) is 1. The molecule has 20 heavy (non-hydrogen) atoms. The van der Waals surface area contributed by atoms with Crippen LogP contribution in [0.1, 0.15) is 38.5 Å². The van der Waals surface area contributed by atoms with E-state index in [1.54, 1.807) is 0 Å². The molecule has 5 heteroatoms. The molecule has 0 aromatic carbocycles. The topological polar surface area (TPSA) is 67.8 Å². The summed E-state index contributed by atoms with van der Waals surface area (Å²) in [4.78, 5) is 11.2. The highest BCUT2D eigenvalue weighted by Crippen LogP contribution is 2.34. The molecule has 2 N–H and O–H groups in total. The molecule has 5 nitrogen and oxygen atoms in total. The van der Waals surface area contributed by atoms with Crippen LogP contribution in [0.4, 0.5) is 0 Å². The van der Waals surface area contributed by atoms with Gasteiger partial charge in [-0.05, 0) is 38.1 Å². The van der Waals surface area contributed by atoms with Gasteiger partial charge >= 0.3 is 5.97 Å². The summed E-state index contributed by atoms with van der Waals surface area (Å²) >= 11 is 0. The van der Waals surface area contributed by atoms with Crippen LogP contribution in [0.25, 0.3) is 0 Å². The fraction of sp³-hybridized carbons (Fsp3) is 0.933. The summed E-state index contributed by atoms with van der Waals surface area (Å²) in [6.07, 6.45) is 5.94. The normalized spacial score (nSPS) is 41.3. The highest BCUT2D eigenvalue weighted by atomic mass is 16.6. The van der Waals surface area contributed by atoms with Crippen LogP contribution >= 0.6 is 0 Å². The highest BCUT2D eigenvalue weighted by Gasteiger charge is 2.41. The van der Waals surface area contributed by atoms with Crippen LogP contribution in [0.15, 0.2) is 0 Å². The highest BCUT2D eigenvalue weighted by molar-refractivity contribution is 5.70. The maximum atomic E-state index is 11.2. The SMILES string of the molecule is O=C(O)C1CCCC1CNC1CCOC2(CCOC2)C1. The van der Waals surface area contributed by atoms with E-state index in [4.69, 9.17) is 9.47 Å². The molecule has 1 spiro atoms. The minimum Gasteiger partial charge on any atom is -0.481 e. The molecule has 0 bridgehead atoms. The maximum absolute atomic E-state index is 11.2. The van der Waals surface area contributed by atoms with Crippen molar-refractivity contribution in [2.45, 2.75) is 50.2 Å². The minimum absolute atomic E-state index is 0.0716. The predicted octanol–water partition coefficient (Wildman–Crippen LogP) is 1.41. The number of carbonyl (C=O) groups is 1. The van der Waals surface area contributed by atoms with Gasteiger partial charge in [-0.15, -0.1) is 0 Å². The molecule has 3 aliphatic rings. The van der Waals surface area contributed by atoms with Gasteiger partial charge in [0.1, 0.15) is 0 Å².